The Kier molecular flexibility index (Phi) is 6.70. The van der Waals surface area contributed by atoms with Crippen LogP contribution in [0.1, 0.15) is 43.7 Å². The average Bonchev–Trinajstić information content (AvgIpc) is 2.94. The van der Waals surface area contributed by atoms with Crippen molar-refractivity contribution in [3.63, 3.8) is 0 Å². The third-order valence-electron chi connectivity index (χ3n) is 5.89. The van der Waals surface area contributed by atoms with Crippen LogP contribution in [0.15, 0.2) is 24.3 Å². The number of carbonyl (C=O) groups is 1. The van der Waals surface area contributed by atoms with Gasteiger partial charge in [-0.3, -0.25) is 0 Å². The van der Waals surface area contributed by atoms with E-state index in [1.807, 2.05) is 19.1 Å². The van der Waals surface area contributed by atoms with E-state index < -0.39 is 12.2 Å². The first-order valence-electron chi connectivity index (χ1n) is 10.3. The van der Waals surface area contributed by atoms with Gasteiger partial charge in [0.15, 0.2) is 11.5 Å². The first-order valence-corrected chi connectivity index (χ1v) is 10.3. The van der Waals surface area contributed by atoms with Crippen molar-refractivity contribution in [2.45, 2.75) is 56.8 Å². The molecule has 0 bridgehead atoms. The van der Waals surface area contributed by atoms with Gasteiger partial charge in [-0.1, -0.05) is 31.6 Å². The number of nitrogens with two attached hydrogens (primary N) is 1. The van der Waals surface area contributed by atoms with Crippen LogP contribution in [0.2, 0.25) is 0 Å². The molecule has 2 aliphatic heterocycles. The summed E-state index contributed by atoms with van der Waals surface area (Å²) in [6.07, 6.45) is 6.61. The summed E-state index contributed by atoms with van der Waals surface area (Å²) in [7, 11) is 3.84. The fourth-order valence-electron chi connectivity index (χ4n) is 4.39. The number of hydrogen-bond donors (Lipinski definition) is 2. The summed E-state index contributed by atoms with van der Waals surface area (Å²) < 4.78 is 16.2. The van der Waals surface area contributed by atoms with Crippen LogP contribution in [0.4, 0.5) is 4.79 Å². The van der Waals surface area contributed by atoms with Crippen LogP contribution in [-0.2, 0) is 16.7 Å². The molecule has 0 saturated carbocycles. The van der Waals surface area contributed by atoms with Crippen molar-refractivity contribution in [2.24, 2.45) is 5.73 Å². The summed E-state index contributed by atoms with van der Waals surface area (Å²) in [5.74, 6) is 1.68. The molecule has 0 fully saturated rings. The van der Waals surface area contributed by atoms with Crippen molar-refractivity contribution in [3.05, 3.63) is 35.4 Å². The van der Waals surface area contributed by atoms with E-state index in [1.165, 1.54) is 11.1 Å². The summed E-state index contributed by atoms with van der Waals surface area (Å²) in [5, 5.41) is 9.97. The number of aliphatic hydroxyl groups excluding tert-OH is 1. The first kappa shape index (κ1) is 21.5. The van der Waals surface area contributed by atoms with Gasteiger partial charge >= 0.3 is 6.09 Å². The number of amides is 1. The lowest BCUT2D eigenvalue weighted by Gasteiger charge is -2.35. The largest absolute Gasteiger partial charge is 0.493 e. The molecule has 3 N–H and O–H groups in total. The highest BCUT2D eigenvalue weighted by Gasteiger charge is 2.52. The van der Waals surface area contributed by atoms with E-state index in [9.17, 15) is 9.90 Å². The zero-order valence-corrected chi connectivity index (χ0v) is 17.5. The molecule has 0 saturated heterocycles. The average molecular weight is 405 g/mol. The molecular formula is C22H32N2O5. The highest BCUT2D eigenvalue weighted by molar-refractivity contribution is 5.64. The number of benzene rings is 1. The van der Waals surface area contributed by atoms with Crippen molar-refractivity contribution in [1.29, 1.82) is 0 Å². The molecule has 0 radical (unpaired) electrons. The van der Waals surface area contributed by atoms with E-state index >= 15 is 0 Å². The van der Waals surface area contributed by atoms with E-state index in [2.05, 4.69) is 34.6 Å². The van der Waals surface area contributed by atoms with Crippen LogP contribution in [0.25, 0.3) is 0 Å². The number of ether oxygens (including phenoxy) is 3. The number of primary amides is 1. The Morgan fingerprint density at radius 2 is 2.24 bits per heavy atom. The van der Waals surface area contributed by atoms with Gasteiger partial charge in [-0.25, -0.2) is 4.79 Å². The van der Waals surface area contributed by atoms with Gasteiger partial charge in [-0.15, -0.1) is 0 Å². The van der Waals surface area contributed by atoms with Crippen LogP contribution in [0.5, 0.6) is 11.5 Å². The molecule has 3 atom stereocenters. The topological polar surface area (TPSA) is 94.2 Å². The SMILES string of the molecule is CCCCOC(N)=O.COc1ccc2c3c1O[C@H]1C[C@@H](O)C=C[C@@]31CCN(C)C2. The third kappa shape index (κ3) is 4.36. The molecule has 1 spiro atoms. The second-order valence-electron chi connectivity index (χ2n) is 7.95. The van der Waals surface area contributed by atoms with Crippen LogP contribution < -0.4 is 15.2 Å². The van der Waals surface area contributed by atoms with E-state index in [0.29, 0.717) is 13.0 Å². The fraction of sp³-hybridized carbons (Fsp3) is 0.591. The Bertz CT molecular complexity index is 766. The lowest BCUT2D eigenvalue weighted by atomic mass is 9.69. The molecule has 29 heavy (non-hydrogen) atoms. The normalized spacial score (nSPS) is 26.9. The van der Waals surface area contributed by atoms with Gasteiger partial charge in [-0.05, 0) is 38.1 Å². The highest BCUT2D eigenvalue weighted by atomic mass is 16.5. The maximum Gasteiger partial charge on any atom is 0.404 e. The number of unbranched alkanes of at least 4 members (excludes halogenated alkanes) is 1. The summed E-state index contributed by atoms with van der Waals surface area (Å²) in [6.45, 7) is 4.42. The number of rotatable bonds is 4. The summed E-state index contributed by atoms with van der Waals surface area (Å²) in [6, 6.07) is 4.16. The van der Waals surface area contributed by atoms with E-state index in [1.54, 1.807) is 7.11 Å². The van der Waals surface area contributed by atoms with Gasteiger partial charge in [0.25, 0.3) is 0 Å². The monoisotopic (exact) mass is 404 g/mol. The zero-order valence-electron chi connectivity index (χ0n) is 17.5. The lowest BCUT2D eigenvalue weighted by molar-refractivity contribution is 0.0821. The minimum absolute atomic E-state index is 0.00838. The molecule has 160 valence electrons. The standard InChI is InChI=1S/C17H21NO3.C5H11NO2/c1-18-8-7-17-6-5-12(19)9-14(17)21-16-13(20-2)4-3-11(10-18)15(16)17;1-2-3-4-8-5(6)7/h3-6,12,14,19H,7-10H2,1-2H3;2-4H2,1H3,(H2,6,7)/t12-,14-,17-;/m0./s1. The molecule has 7 heteroatoms. The minimum Gasteiger partial charge on any atom is -0.493 e. The summed E-state index contributed by atoms with van der Waals surface area (Å²) in [4.78, 5) is 12.2. The predicted octanol–water partition coefficient (Wildman–Crippen LogP) is 2.73. The molecule has 3 aliphatic rings. The second-order valence-corrected chi connectivity index (χ2v) is 7.95. The first-order chi connectivity index (χ1) is 13.9. The smallest absolute Gasteiger partial charge is 0.404 e. The number of hydrogen-bond acceptors (Lipinski definition) is 6. The zero-order chi connectivity index (χ0) is 21.0. The van der Waals surface area contributed by atoms with Crippen LogP contribution in [-0.4, -0.2) is 55.6 Å². The molecule has 1 aromatic carbocycles. The van der Waals surface area contributed by atoms with Crippen molar-refractivity contribution in [3.8, 4) is 11.5 Å². The second kappa shape index (κ2) is 9.05. The van der Waals surface area contributed by atoms with Gasteiger partial charge in [0.1, 0.15) is 6.10 Å². The molecule has 0 aromatic heterocycles. The molecular weight excluding hydrogens is 372 g/mol. The number of aliphatic hydroxyl groups is 1. The van der Waals surface area contributed by atoms with E-state index in [0.717, 1.165) is 43.9 Å². The summed E-state index contributed by atoms with van der Waals surface area (Å²) in [5.41, 5.74) is 7.16. The molecule has 2 heterocycles. The fourth-order valence-corrected chi connectivity index (χ4v) is 4.39. The van der Waals surface area contributed by atoms with Gasteiger partial charge in [0.2, 0.25) is 0 Å². The van der Waals surface area contributed by atoms with E-state index in [4.69, 9.17) is 9.47 Å². The Hall–Kier alpha value is -2.25. The van der Waals surface area contributed by atoms with Gasteiger partial charge in [0, 0.05) is 18.5 Å². The number of nitrogens with zero attached hydrogens (tertiary/aromatic N) is 1. The van der Waals surface area contributed by atoms with Crippen molar-refractivity contribution >= 4 is 6.09 Å². The Morgan fingerprint density at radius 3 is 2.93 bits per heavy atom. The van der Waals surface area contributed by atoms with Crippen LogP contribution >= 0.6 is 0 Å². The van der Waals surface area contributed by atoms with Gasteiger partial charge in [-0.2, -0.15) is 0 Å². The Labute approximate surface area is 172 Å². The quantitative estimate of drug-likeness (QED) is 0.592. The maximum absolute atomic E-state index is 9.97. The van der Waals surface area contributed by atoms with Crippen molar-refractivity contribution < 1.29 is 24.1 Å². The van der Waals surface area contributed by atoms with Gasteiger partial charge < -0.3 is 30.0 Å². The molecule has 1 aliphatic carbocycles. The molecule has 4 rings (SSSR count). The summed E-state index contributed by atoms with van der Waals surface area (Å²) >= 11 is 0. The predicted molar refractivity (Wildman–Crippen MR) is 110 cm³/mol. The third-order valence-corrected chi connectivity index (χ3v) is 5.89. The number of methoxy groups -OCH3 is 1. The Morgan fingerprint density at radius 1 is 1.45 bits per heavy atom. The lowest BCUT2D eigenvalue weighted by Crippen LogP contribution is -2.42. The molecule has 0 unspecified atom stereocenters. The molecule has 1 aromatic rings. The van der Waals surface area contributed by atoms with E-state index in [-0.39, 0.29) is 11.5 Å². The maximum atomic E-state index is 9.97. The molecule has 1 amide bonds. The van der Waals surface area contributed by atoms with Gasteiger partial charge in [0.05, 0.1) is 25.2 Å². The highest BCUT2D eigenvalue weighted by Crippen LogP contribution is 2.55. The van der Waals surface area contributed by atoms with Crippen molar-refractivity contribution in [2.75, 3.05) is 27.3 Å². The van der Waals surface area contributed by atoms with Crippen molar-refractivity contribution in [1.82, 2.24) is 4.90 Å². The number of carbonyl (C=O) groups excluding carboxylic acids is 1. The van der Waals surface area contributed by atoms with Crippen LogP contribution in [0, 0.1) is 0 Å². The van der Waals surface area contributed by atoms with Crippen LogP contribution in [0.3, 0.4) is 0 Å². The minimum atomic E-state index is -0.682. The molecule has 7 nitrogen and oxygen atoms in total. The Balaban J connectivity index is 0.000000258.